The van der Waals surface area contributed by atoms with Crippen LogP contribution in [-0.2, 0) is 4.79 Å². The van der Waals surface area contributed by atoms with Crippen molar-refractivity contribution in [3.8, 4) is 0 Å². The zero-order valence-corrected chi connectivity index (χ0v) is 13.8. The molecule has 0 radical (unpaired) electrons. The molecule has 19 heavy (non-hydrogen) atoms. The topological polar surface area (TPSA) is 37.3 Å². The van der Waals surface area contributed by atoms with Gasteiger partial charge < -0.3 is 5.11 Å². The van der Waals surface area contributed by atoms with Crippen molar-refractivity contribution in [2.75, 3.05) is 11.5 Å². The number of carbonyl (C=O) groups is 1. The van der Waals surface area contributed by atoms with E-state index in [4.69, 9.17) is 5.11 Å². The molecule has 0 aliphatic carbocycles. The Hall–Kier alpha value is -0.180. The molecule has 0 aliphatic rings. The molecule has 0 aromatic heterocycles. The van der Waals surface area contributed by atoms with Crippen LogP contribution in [-0.4, -0.2) is 22.6 Å². The summed E-state index contributed by atoms with van der Waals surface area (Å²) in [4.78, 5) is 10.7. The third kappa shape index (κ3) is 11.4. The molecule has 0 rings (SSSR count). The SMILES string of the molecule is CCCCCCCCC(CC)CSCC(C)C(=O)O. The van der Waals surface area contributed by atoms with Gasteiger partial charge in [-0.05, 0) is 18.1 Å². The van der Waals surface area contributed by atoms with Crippen LogP contribution in [0.25, 0.3) is 0 Å². The fraction of sp³-hybridized carbons (Fsp3) is 0.938. The second-order valence-electron chi connectivity index (χ2n) is 5.61. The number of thioether (sulfide) groups is 1. The van der Waals surface area contributed by atoms with E-state index in [0.29, 0.717) is 0 Å². The zero-order chi connectivity index (χ0) is 14.5. The Bertz CT molecular complexity index is 219. The Kier molecular flexibility index (Phi) is 12.7. The van der Waals surface area contributed by atoms with Crippen LogP contribution in [0.3, 0.4) is 0 Å². The van der Waals surface area contributed by atoms with Gasteiger partial charge in [-0.25, -0.2) is 0 Å². The van der Waals surface area contributed by atoms with Crippen molar-refractivity contribution in [2.24, 2.45) is 11.8 Å². The Labute approximate surface area is 123 Å². The summed E-state index contributed by atoms with van der Waals surface area (Å²) in [5.41, 5.74) is 0. The maximum absolute atomic E-state index is 10.7. The van der Waals surface area contributed by atoms with Crippen LogP contribution < -0.4 is 0 Å². The lowest BCUT2D eigenvalue weighted by Crippen LogP contribution is -2.13. The standard InChI is InChI=1S/C16H32O2S/c1-4-6-7-8-9-10-11-15(5-2)13-19-12-14(3)16(17)18/h14-15H,4-13H2,1-3H3,(H,17,18). The van der Waals surface area contributed by atoms with E-state index in [1.54, 1.807) is 6.92 Å². The molecule has 0 fully saturated rings. The van der Waals surface area contributed by atoms with E-state index in [-0.39, 0.29) is 5.92 Å². The minimum absolute atomic E-state index is 0.212. The highest BCUT2D eigenvalue weighted by Crippen LogP contribution is 2.21. The fourth-order valence-corrected chi connectivity index (χ4v) is 3.47. The van der Waals surface area contributed by atoms with Crippen molar-refractivity contribution >= 4 is 17.7 Å². The molecule has 114 valence electrons. The van der Waals surface area contributed by atoms with Crippen molar-refractivity contribution in [1.29, 1.82) is 0 Å². The highest BCUT2D eigenvalue weighted by molar-refractivity contribution is 7.99. The van der Waals surface area contributed by atoms with Gasteiger partial charge in [-0.3, -0.25) is 4.79 Å². The van der Waals surface area contributed by atoms with E-state index in [1.807, 2.05) is 11.8 Å². The van der Waals surface area contributed by atoms with Gasteiger partial charge in [-0.15, -0.1) is 0 Å². The largest absolute Gasteiger partial charge is 0.481 e. The van der Waals surface area contributed by atoms with E-state index in [9.17, 15) is 4.79 Å². The van der Waals surface area contributed by atoms with Gasteiger partial charge in [-0.2, -0.15) is 11.8 Å². The maximum Gasteiger partial charge on any atom is 0.307 e. The number of hydrogen-bond acceptors (Lipinski definition) is 2. The van der Waals surface area contributed by atoms with Crippen molar-refractivity contribution < 1.29 is 9.90 Å². The molecule has 0 spiro atoms. The lowest BCUT2D eigenvalue weighted by Gasteiger charge is -2.15. The van der Waals surface area contributed by atoms with Gasteiger partial charge in [0.2, 0.25) is 0 Å². The summed E-state index contributed by atoms with van der Waals surface area (Å²) >= 11 is 1.81. The first kappa shape index (κ1) is 18.8. The summed E-state index contributed by atoms with van der Waals surface area (Å²) in [6.45, 7) is 6.30. The molecule has 0 saturated carbocycles. The van der Waals surface area contributed by atoms with Crippen LogP contribution in [0.5, 0.6) is 0 Å². The van der Waals surface area contributed by atoms with Gasteiger partial charge in [-0.1, -0.05) is 65.7 Å². The summed E-state index contributed by atoms with van der Waals surface area (Å²) in [6, 6.07) is 0. The number of rotatable bonds is 13. The van der Waals surface area contributed by atoms with Gasteiger partial charge in [0.25, 0.3) is 0 Å². The number of unbranched alkanes of at least 4 members (excludes halogenated alkanes) is 5. The van der Waals surface area contributed by atoms with Gasteiger partial charge in [0.15, 0.2) is 0 Å². The average Bonchev–Trinajstić information content (AvgIpc) is 2.40. The lowest BCUT2D eigenvalue weighted by atomic mass is 10.00. The molecular weight excluding hydrogens is 256 g/mol. The van der Waals surface area contributed by atoms with E-state index < -0.39 is 5.97 Å². The monoisotopic (exact) mass is 288 g/mol. The van der Waals surface area contributed by atoms with Crippen molar-refractivity contribution in [3.05, 3.63) is 0 Å². The second-order valence-corrected chi connectivity index (χ2v) is 6.68. The summed E-state index contributed by atoms with van der Waals surface area (Å²) in [7, 11) is 0. The fourth-order valence-electron chi connectivity index (χ4n) is 2.10. The summed E-state index contributed by atoms with van der Waals surface area (Å²) in [5, 5.41) is 8.84. The number of aliphatic carboxylic acids is 1. The number of carboxylic acids is 1. The van der Waals surface area contributed by atoms with Crippen LogP contribution in [0.4, 0.5) is 0 Å². The lowest BCUT2D eigenvalue weighted by molar-refractivity contribution is -0.140. The summed E-state index contributed by atoms with van der Waals surface area (Å²) < 4.78 is 0. The first-order valence-electron chi connectivity index (χ1n) is 7.92. The quantitative estimate of drug-likeness (QED) is 0.472. The minimum atomic E-state index is -0.670. The molecule has 0 aliphatic heterocycles. The molecule has 0 saturated heterocycles. The predicted octanol–water partition coefficient (Wildman–Crippen LogP) is 5.22. The van der Waals surface area contributed by atoms with E-state index >= 15 is 0 Å². The number of hydrogen-bond donors (Lipinski definition) is 1. The molecule has 0 amide bonds. The van der Waals surface area contributed by atoms with E-state index in [0.717, 1.165) is 17.4 Å². The van der Waals surface area contributed by atoms with Gasteiger partial charge in [0.05, 0.1) is 5.92 Å². The van der Waals surface area contributed by atoms with Crippen LogP contribution in [0.15, 0.2) is 0 Å². The van der Waals surface area contributed by atoms with Gasteiger partial charge in [0, 0.05) is 5.75 Å². The predicted molar refractivity (Wildman–Crippen MR) is 85.9 cm³/mol. The molecule has 1 N–H and O–H groups in total. The van der Waals surface area contributed by atoms with Crippen LogP contribution >= 0.6 is 11.8 Å². The normalized spacial score (nSPS) is 14.3. The van der Waals surface area contributed by atoms with Crippen LogP contribution in [0.1, 0.15) is 72.1 Å². The summed E-state index contributed by atoms with van der Waals surface area (Å²) in [5.74, 6) is 1.77. The van der Waals surface area contributed by atoms with Crippen molar-refractivity contribution in [3.63, 3.8) is 0 Å². The molecule has 2 unspecified atom stereocenters. The third-order valence-electron chi connectivity index (χ3n) is 3.69. The third-order valence-corrected chi connectivity index (χ3v) is 5.13. The molecule has 0 aromatic rings. The maximum atomic E-state index is 10.7. The first-order chi connectivity index (χ1) is 9.11. The summed E-state index contributed by atoms with van der Waals surface area (Å²) in [6.07, 6.45) is 10.7. The van der Waals surface area contributed by atoms with Gasteiger partial charge >= 0.3 is 5.97 Å². The molecular formula is C16H32O2S. The van der Waals surface area contributed by atoms with E-state index in [1.165, 1.54) is 51.4 Å². The van der Waals surface area contributed by atoms with Crippen molar-refractivity contribution in [2.45, 2.75) is 72.1 Å². The van der Waals surface area contributed by atoms with Crippen LogP contribution in [0.2, 0.25) is 0 Å². The molecule has 0 aromatic carbocycles. The minimum Gasteiger partial charge on any atom is -0.481 e. The Morgan fingerprint density at radius 3 is 2.26 bits per heavy atom. The highest BCUT2D eigenvalue weighted by Gasteiger charge is 2.12. The number of carboxylic acid groups (broad SMARTS) is 1. The average molecular weight is 288 g/mol. The highest BCUT2D eigenvalue weighted by atomic mass is 32.2. The molecule has 3 heteroatoms. The Morgan fingerprint density at radius 1 is 1.05 bits per heavy atom. The van der Waals surface area contributed by atoms with Crippen LogP contribution in [0, 0.1) is 11.8 Å². The Balaban J connectivity index is 3.52. The second kappa shape index (κ2) is 12.8. The van der Waals surface area contributed by atoms with Gasteiger partial charge in [0.1, 0.15) is 0 Å². The Morgan fingerprint density at radius 2 is 1.68 bits per heavy atom. The molecule has 2 atom stereocenters. The zero-order valence-electron chi connectivity index (χ0n) is 13.0. The smallest absolute Gasteiger partial charge is 0.307 e. The van der Waals surface area contributed by atoms with E-state index in [2.05, 4.69) is 13.8 Å². The molecule has 0 heterocycles. The molecule has 0 bridgehead atoms. The first-order valence-corrected chi connectivity index (χ1v) is 9.07. The van der Waals surface area contributed by atoms with Crippen molar-refractivity contribution in [1.82, 2.24) is 0 Å². The molecule has 2 nitrogen and oxygen atoms in total.